The van der Waals surface area contributed by atoms with Gasteiger partial charge in [-0.15, -0.1) is 5.10 Å². The molecule has 0 unspecified atom stereocenters. The minimum Gasteiger partial charge on any atom is -0.366 e. The van der Waals surface area contributed by atoms with Crippen molar-refractivity contribution in [1.82, 2.24) is 20.1 Å². The molecule has 1 aromatic heterocycles. The number of carbonyl (C=O) groups excluding carboxylic acids is 1. The van der Waals surface area contributed by atoms with Crippen LogP contribution in [0.3, 0.4) is 0 Å². The molecule has 94 valence electrons. The molecule has 0 saturated heterocycles. The van der Waals surface area contributed by atoms with Gasteiger partial charge in [0.25, 0.3) is 5.91 Å². The number of carbonyl (C=O) groups is 1. The summed E-state index contributed by atoms with van der Waals surface area (Å²) in [7, 11) is 1.80. The number of aromatic amines is 1. The van der Waals surface area contributed by atoms with Crippen molar-refractivity contribution >= 4 is 11.9 Å². The van der Waals surface area contributed by atoms with Gasteiger partial charge in [-0.3, -0.25) is 9.89 Å². The Hall–Kier alpha value is -1.59. The smallest absolute Gasteiger partial charge is 0.290 e. The standard InChI is InChI=1S/C11H19N5O/c1-16(7-8-5-3-2-4-6-8)10(17)9-13-11(12)15-14-9/h8H,2-7H2,1H3,(H3,12,13,14,15). The summed E-state index contributed by atoms with van der Waals surface area (Å²) in [5.41, 5.74) is 5.38. The average molecular weight is 237 g/mol. The van der Waals surface area contributed by atoms with E-state index in [9.17, 15) is 4.79 Å². The monoisotopic (exact) mass is 237 g/mol. The molecule has 1 aliphatic carbocycles. The number of nitrogens with one attached hydrogen (secondary N) is 1. The van der Waals surface area contributed by atoms with Crippen LogP contribution in [0.4, 0.5) is 5.95 Å². The van der Waals surface area contributed by atoms with Crippen molar-refractivity contribution in [2.24, 2.45) is 5.92 Å². The van der Waals surface area contributed by atoms with Gasteiger partial charge in [0, 0.05) is 13.6 Å². The number of hydrogen-bond acceptors (Lipinski definition) is 4. The second-order valence-electron chi connectivity index (χ2n) is 4.73. The lowest BCUT2D eigenvalue weighted by Gasteiger charge is -2.26. The summed E-state index contributed by atoms with van der Waals surface area (Å²) in [6, 6.07) is 0. The Morgan fingerprint density at radius 1 is 1.47 bits per heavy atom. The molecule has 0 aromatic carbocycles. The Morgan fingerprint density at radius 3 is 2.76 bits per heavy atom. The highest BCUT2D eigenvalue weighted by molar-refractivity contribution is 5.90. The zero-order chi connectivity index (χ0) is 12.3. The van der Waals surface area contributed by atoms with Gasteiger partial charge in [0.2, 0.25) is 11.8 Å². The number of hydrogen-bond donors (Lipinski definition) is 2. The molecule has 0 spiro atoms. The van der Waals surface area contributed by atoms with Crippen LogP contribution in [0.15, 0.2) is 0 Å². The van der Waals surface area contributed by atoms with Crippen molar-refractivity contribution < 1.29 is 4.79 Å². The van der Waals surface area contributed by atoms with Crippen molar-refractivity contribution in [1.29, 1.82) is 0 Å². The van der Waals surface area contributed by atoms with Gasteiger partial charge >= 0.3 is 0 Å². The number of anilines is 1. The number of amides is 1. The first-order valence-corrected chi connectivity index (χ1v) is 6.10. The second-order valence-corrected chi connectivity index (χ2v) is 4.73. The summed E-state index contributed by atoms with van der Waals surface area (Å²) < 4.78 is 0. The third-order valence-corrected chi connectivity index (χ3v) is 3.31. The molecule has 1 aliphatic rings. The highest BCUT2D eigenvalue weighted by atomic mass is 16.2. The number of H-pyrrole nitrogens is 1. The molecule has 1 aromatic rings. The van der Waals surface area contributed by atoms with E-state index in [-0.39, 0.29) is 17.7 Å². The summed E-state index contributed by atoms with van der Waals surface area (Å²) in [5, 5.41) is 6.21. The van der Waals surface area contributed by atoms with E-state index in [1.807, 2.05) is 0 Å². The average Bonchev–Trinajstić information content (AvgIpc) is 2.76. The van der Waals surface area contributed by atoms with Crippen molar-refractivity contribution in [3.8, 4) is 0 Å². The van der Waals surface area contributed by atoms with E-state index in [1.165, 1.54) is 32.1 Å². The molecule has 17 heavy (non-hydrogen) atoms. The van der Waals surface area contributed by atoms with Crippen molar-refractivity contribution in [2.75, 3.05) is 19.3 Å². The lowest BCUT2D eigenvalue weighted by atomic mass is 9.89. The van der Waals surface area contributed by atoms with Gasteiger partial charge in [0.1, 0.15) is 0 Å². The van der Waals surface area contributed by atoms with Gasteiger partial charge in [0.05, 0.1) is 0 Å². The van der Waals surface area contributed by atoms with Crippen LogP contribution in [0.1, 0.15) is 42.7 Å². The molecule has 0 radical (unpaired) electrons. The van der Waals surface area contributed by atoms with Gasteiger partial charge in [-0.2, -0.15) is 4.98 Å². The maximum absolute atomic E-state index is 12.0. The van der Waals surface area contributed by atoms with Crippen molar-refractivity contribution in [3.05, 3.63) is 5.82 Å². The normalized spacial score (nSPS) is 17.0. The largest absolute Gasteiger partial charge is 0.366 e. The fraction of sp³-hybridized carbons (Fsp3) is 0.727. The van der Waals surface area contributed by atoms with E-state index in [2.05, 4.69) is 15.2 Å². The Bertz CT molecular complexity index is 383. The third kappa shape index (κ3) is 2.95. The predicted molar refractivity (Wildman–Crippen MR) is 64.3 cm³/mol. The van der Waals surface area contributed by atoms with Crippen molar-refractivity contribution in [2.45, 2.75) is 32.1 Å². The zero-order valence-corrected chi connectivity index (χ0v) is 10.1. The summed E-state index contributed by atoms with van der Waals surface area (Å²) in [4.78, 5) is 17.5. The molecule has 0 bridgehead atoms. The quantitative estimate of drug-likeness (QED) is 0.822. The minimum absolute atomic E-state index is 0.111. The van der Waals surface area contributed by atoms with Crippen LogP contribution >= 0.6 is 0 Å². The first-order chi connectivity index (χ1) is 8.16. The van der Waals surface area contributed by atoms with E-state index in [0.29, 0.717) is 5.92 Å². The topological polar surface area (TPSA) is 87.9 Å². The molecule has 3 N–H and O–H groups in total. The number of nitrogens with zero attached hydrogens (tertiary/aromatic N) is 3. The molecule has 2 rings (SSSR count). The van der Waals surface area contributed by atoms with Crippen LogP contribution in [0, 0.1) is 5.92 Å². The van der Waals surface area contributed by atoms with Crippen LogP contribution in [0.25, 0.3) is 0 Å². The van der Waals surface area contributed by atoms with E-state index in [4.69, 9.17) is 5.73 Å². The molecule has 1 fully saturated rings. The molecular formula is C11H19N5O. The van der Waals surface area contributed by atoms with Gasteiger partial charge < -0.3 is 10.6 Å². The minimum atomic E-state index is -0.139. The van der Waals surface area contributed by atoms with Gasteiger partial charge in [-0.05, 0) is 18.8 Å². The number of rotatable bonds is 3. The molecule has 1 heterocycles. The van der Waals surface area contributed by atoms with Crippen LogP contribution < -0.4 is 5.73 Å². The molecule has 0 atom stereocenters. The summed E-state index contributed by atoms with van der Waals surface area (Å²) >= 11 is 0. The molecule has 0 aliphatic heterocycles. The maximum Gasteiger partial charge on any atom is 0.290 e. The molecule has 1 amide bonds. The van der Waals surface area contributed by atoms with E-state index in [1.54, 1.807) is 11.9 Å². The van der Waals surface area contributed by atoms with Crippen LogP contribution in [0.5, 0.6) is 0 Å². The maximum atomic E-state index is 12.0. The first kappa shape index (κ1) is 11.9. The van der Waals surface area contributed by atoms with E-state index in [0.717, 1.165) is 6.54 Å². The Balaban J connectivity index is 1.90. The summed E-state index contributed by atoms with van der Waals surface area (Å²) in [6.45, 7) is 0.791. The molecular weight excluding hydrogens is 218 g/mol. The number of nitrogen functional groups attached to an aromatic ring is 1. The number of aromatic nitrogens is 3. The Kier molecular flexibility index (Phi) is 3.61. The van der Waals surface area contributed by atoms with E-state index >= 15 is 0 Å². The molecule has 6 nitrogen and oxygen atoms in total. The SMILES string of the molecule is CN(CC1CCCCC1)C(=O)c1nc(N)n[nH]1. The zero-order valence-electron chi connectivity index (χ0n) is 10.1. The highest BCUT2D eigenvalue weighted by Crippen LogP contribution is 2.24. The van der Waals surface area contributed by atoms with Crippen LogP contribution in [-0.4, -0.2) is 39.6 Å². The fourth-order valence-electron chi connectivity index (χ4n) is 2.39. The predicted octanol–water partition coefficient (Wildman–Crippen LogP) is 1.04. The Morgan fingerprint density at radius 2 is 2.18 bits per heavy atom. The van der Waals surface area contributed by atoms with Crippen LogP contribution in [-0.2, 0) is 0 Å². The molecule has 1 saturated carbocycles. The third-order valence-electron chi connectivity index (χ3n) is 3.31. The first-order valence-electron chi connectivity index (χ1n) is 6.10. The summed E-state index contributed by atoms with van der Waals surface area (Å²) in [6.07, 6.45) is 6.32. The van der Waals surface area contributed by atoms with Gasteiger partial charge in [0.15, 0.2) is 0 Å². The van der Waals surface area contributed by atoms with Gasteiger partial charge in [-0.25, -0.2) is 0 Å². The lowest BCUT2D eigenvalue weighted by molar-refractivity contribution is 0.0749. The summed E-state index contributed by atoms with van der Waals surface area (Å²) in [5.74, 6) is 0.818. The Labute approximate surface area is 101 Å². The van der Waals surface area contributed by atoms with E-state index < -0.39 is 0 Å². The lowest BCUT2D eigenvalue weighted by Crippen LogP contribution is -2.33. The fourth-order valence-corrected chi connectivity index (χ4v) is 2.39. The van der Waals surface area contributed by atoms with Crippen LogP contribution in [0.2, 0.25) is 0 Å². The van der Waals surface area contributed by atoms with Gasteiger partial charge in [-0.1, -0.05) is 19.3 Å². The van der Waals surface area contributed by atoms with Crippen molar-refractivity contribution in [3.63, 3.8) is 0 Å². The highest BCUT2D eigenvalue weighted by Gasteiger charge is 2.21. The second kappa shape index (κ2) is 5.16. The number of nitrogens with two attached hydrogens (primary N) is 1. The molecule has 6 heteroatoms.